The number of fused-ring (bicyclic) bond motifs is 2. The van der Waals surface area contributed by atoms with Crippen LogP contribution in [-0.2, 0) is 0 Å². The van der Waals surface area contributed by atoms with E-state index in [1.807, 2.05) is 0 Å². The van der Waals surface area contributed by atoms with Gasteiger partial charge in [-0.05, 0) is 39.0 Å². The summed E-state index contributed by atoms with van der Waals surface area (Å²) in [5.41, 5.74) is 0. The van der Waals surface area contributed by atoms with Gasteiger partial charge in [0.05, 0.1) is 0 Å². The first-order chi connectivity index (χ1) is 6.28. The van der Waals surface area contributed by atoms with Crippen molar-refractivity contribution in [2.24, 2.45) is 0 Å². The van der Waals surface area contributed by atoms with Crippen LogP contribution in [0.1, 0.15) is 46.0 Å². The quantitative estimate of drug-likeness (QED) is 0.693. The molecule has 0 aromatic rings. The summed E-state index contributed by atoms with van der Waals surface area (Å²) in [7, 11) is 0. The lowest BCUT2D eigenvalue weighted by Gasteiger charge is -2.31. The Bertz CT molecular complexity index is 157. The third-order valence-corrected chi connectivity index (χ3v) is 3.61. The average molecular weight is 182 g/mol. The Hall–Kier alpha value is -0.0800. The highest BCUT2D eigenvalue weighted by atomic mass is 15.1. The topological polar surface area (TPSA) is 24.1 Å². The lowest BCUT2D eigenvalue weighted by molar-refractivity contribution is 0.296. The predicted octanol–water partition coefficient (Wildman–Crippen LogP) is 1.66. The molecule has 2 fully saturated rings. The van der Waals surface area contributed by atoms with E-state index in [-0.39, 0.29) is 0 Å². The minimum atomic E-state index is 0.697. The second-order valence-electron chi connectivity index (χ2n) is 4.78. The molecule has 0 saturated carbocycles. The molecule has 2 N–H and O–H groups in total. The Kier molecular flexibility index (Phi) is 2.89. The summed E-state index contributed by atoms with van der Waals surface area (Å²) in [5.74, 6) is 0. The fourth-order valence-corrected chi connectivity index (χ4v) is 2.71. The van der Waals surface area contributed by atoms with Crippen LogP contribution >= 0.6 is 0 Å². The van der Waals surface area contributed by atoms with Gasteiger partial charge in [-0.3, -0.25) is 0 Å². The summed E-state index contributed by atoms with van der Waals surface area (Å²) < 4.78 is 0. The first kappa shape index (κ1) is 9.47. The highest BCUT2D eigenvalue weighted by Crippen LogP contribution is 2.26. The van der Waals surface area contributed by atoms with Gasteiger partial charge in [-0.2, -0.15) is 0 Å². The molecule has 2 saturated heterocycles. The van der Waals surface area contributed by atoms with Crippen LogP contribution in [0.15, 0.2) is 0 Å². The summed E-state index contributed by atoms with van der Waals surface area (Å²) in [6, 6.07) is 3.12. The van der Waals surface area contributed by atoms with E-state index in [1.54, 1.807) is 0 Å². The number of nitrogens with one attached hydrogen (secondary N) is 2. The van der Waals surface area contributed by atoms with Gasteiger partial charge < -0.3 is 10.6 Å². The van der Waals surface area contributed by atoms with Gasteiger partial charge in [-0.15, -0.1) is 0 Å². The number of piperidine rings is 1. The van der Waals surface area contributed by atoms with Crippen molar-refractivity contribution < 1.29 is 0 Å². The molecule has 3 atom stereocenters. The molecule has 2 aliphatic heterocycles. The summed E-state index contributed by atoms with van der Waals surface area (Å²) in [4.78, 5) is 0. The van der Waals surface area contributed by atoms with Crippen molar-refractivity contribution >= 4 is 0 Å². The second-order valence-corrected chi connectivity index (χ2v) is 4.78. The molecule has 0 aromatic carbocycles. The van der Waals surface area contributed by atoms with Crippen LogP contribution < -0.4 is 10.6 Å². The van der Waals surface area contributed by atoms with Gasteiger partial charge in [0.25, 0.3) is 0 Å². The molecule has 2 aliphatic rings. The lowest BCUT2D eigenvalue weighted by Crippen LogP contribution is -2.48. The largest absolute Gasteiger partial charge is 0.311 e. The van der Waals surface area contributed by atoms with E-state index in [9.17, 15) is 0 Å². The van der Waals surface area contributed by atoms with Crippen molar-refractivity contribution in [2.45, 2.75) is 70.1 Å². The van der Waals surface area contributed by atoms with Crippen molar-refractivity contribution in [1.82, 2.24) is 10.6 Å². The van der Waals surface area contributed by atoms with Crippen LogP contribution in [0.25, 0.3) is 0 Å². The molecular weight excluding hydrogens is 160 g/mol. The van der Waals surface area contributed by atoms with Gasteiger partial charge in [0.15, 0.2) is 0 Å². The third-order valence-electron chi connectivity index (χ3n) is 3.61. The second kappa shape index (κ2) is 3.97. The first-order valence-electron chi connectivity index (χ1n) is 5.80. The molecule has 2 heterocycles. The van der Waals surface area contributed by atoms with Crippen molar-refractivity contribution in [3.8, 4) is 0 Å². The fourth-order valence-electron chi connectivity index (χ4n) is 2.71. The van der Waals surface area contributed by atoms with E-state index in [4.69, 9.17) is 0 Å². The predicted molar refractivity (Wildman–Crippen MR) is 55.9 cm³/mol. The Balaban J connectivity index is 1.81. The van der Waals surface area contributed by atoms with Crippen molar-refractivity contribution in [3.63, 3.8) is 0 Å². The Labute approximate surface area is 81.5 Å². The zero-order chi connectivity index (χ0) is 9.26. The maximum absolute atomic E-state index is 3.73. The summed E-state index contributed by atoms with van der Waals surface area (Å²) in [5, 5.41) is 7.40. The molecule has 2 nitrogen and oxygen atoms in total. The highest BCUT2D eigenvalue weighted by Gasteiger charge is 2.33. The average Bonchev–Trinajstić information content (AvgIpc) is 2.46. The Morgan fingerprint density at radius 3 is 2.46 bits per heavy atom. The van der Waals surface area contributed by atoms with Crippen LogP contribution in [0, 0.1) is 0 Å². The van der Waals surface area contributed by atoms with Gasteiger partial charge in [0, 0.05) is 24.2 Å². The SMILES string of the molecule is CCC(C)NC1CC2CCC(C1)N2. The van der Waals surface area contributed by atoms with Crippen LogP contribution in [0.3, 0.4) is 0 Å². The van der Waals surface area contributed by atoms with Gasteiger partial charge in [-0.1, -0.05) is 6.92 Å². The van der Waals surface area contributed by atoms with E-state index in [1.165, 1.54) is 32.1 Å². The molecule has 0 spiro atoms. The maximum atomic E-state index is 3.73. The number of rotatable bonds is 3. The van der Waals surface area contributed by atoms with E-state index in [0.717, 1.165) is 18.1 Å². The maximum Gasteiger partial charge on any atom is 0.00991 e. The van der Waals surface area contributed by atoms with Crippen molar-refractivity contribution in [1.29, 1.82) is 0 Å². The van der Waals surface area contributed by atoms with Gasteiger partial charge in [0.2, 0.25) is 0 Å². The molecule has 2 heteroatoms. The molecule has 3 unspecified atom stereocenters. The minimum Gasteiger partial charge on any atom is -0.311 e. The summed E-state index contributed by atoms with van der Waals surface area (Å²) in [6.45, 7) is 4.55. The zero-order valence-corrected chi connectivity index (χ0v) is 8.84. The molecule has 13 heavy (non-hydrogen) atoms. The normalized spacial score (nSPS) is 40.6. The smallest absolute Gasteiger partial charge is 0.00991 e. The molecule has 76 valence electrons. The Morgan fingerprint density at radius 2 is 1.92 bits per heavy atom. The van der Waals surface area contributed by atoms with Crippen LogP contribution in [0.2, 0.25) is 0 Å². The summed E-state index contributed by atoms with van der Waals surface area (Å²) >= 11 is 0. The van der Waals surface area contributed by atoms with E-state index in [2.05, 4.69) is 24.5 Å². The van der Waals surface area contributed by atoms with Crippen molar-refractivity contribution in [3.05, 3.63) is 0 Å². The highest BCUT2D eigenvalue weighted by molar-refractivity contribution is 4.95. The monoisotopic (exact) mass is 182 g/mol. The molecular formula is C11H22N2. The fraction of sp³-hybridized carbons (Fsp3) is 1.00. The van der Waals surface area contributed by atoms with Gasteiger partial charge in [0.1, 0.15) is 0 Å². The van der Waals surface area contributed by atoms with Crippen LogP contribution in [0.4, 0.5) is 0 Å². The van der Waals surface area contributed by atoms with E-state index in [0.29, 0.717) is 6.04 Å². The lowest BCUT2D eigenvalue weighted by atomic mass is 9.99. The Morgan fingerprint density at radius 1 is 1.31 bits per heavy atom. The van der Waals surface area contributed by atoms with Crippen LogP contribution in [0.5, 0.6) is 0 Å². The van der Waals surface area contributed by atoms with E-state index >= 15 is 0 Å². The first-order valence-corrected chi connectivity index (χ1v) is 5.80. The number of hydrogen-bond acceptors (Lipinski definition) is 2. The molecule has 2 rings (SSSR count). The molecule has 0 amide bonds. The van der Waals surface area contributed by atoms with Gasteiger partial charge in [-0.25, -0.2) is 0 Å². The van der Waals surface area contributed by atoms with Crippen molar-refractivity contribution in [2.75, 3.05) is 0 Å². The molecule has 0 radical (unpaired) electrons. The molecule has 2 bridgehead atoms. The minimum absolute atomic E-state index is 0.697. The van der Waals surface area contributed by atoms with E-state index < -0.39 is 0 Å². The molecule has 0 aliphatic carbocycles. The third kappa shape index (κ3) is 2.23. The molecule has 0 aromatic heterocycles. The van der Waals surface area contributed by atoms with Gasteiger partial charge >= 0.3 is 0 Å². The summed E-state index contributed by atoms with van der Waals surface area (Å²) in [6.07, 6.45) is 6.76. The number of hydrogen-bond donors (Lipinski definition) is 2. The standard InChI is InChI=1S/C11H22N2/c1-3-8(2)12-11-6-9-4-5-10(7-11)13-9/h8-13H,3-7H2,1-2H3. The zero-order valence-electron chi connectivity index (χ0n) is 8.84. The van der Waals surface area contributed by atoms with Crippen LogP contribution in [-0.4, -0.2) is 24.2 Å².